The Morgan fingerprint density at radius 1 is 1.04 bits per heavy atom. The first-order chi connectivity index (χ1) is 11.5. The summed E-state index contributed by atoms with van der Waals surface area (Å²) < 4.78 is 0. The van der Waals surface area contributed by atoms with Crippen LogP contribution in [0.25, 0.3) is 17.1 Å². The van der Waals surface area contributed by atoms with E-state index in [0.717, 1.165) is 5.52 Å². The van der Waals surface area contributed by atoms with Crippen molar-refractivity contribution in [3.63, 3.8) is 0 Å². The molecule has 0 radical (unpaired) electrons. The quantitative estimate of drug-likeness (QED) is 0.316. The van der Waals surface area contributed by atoms with Crippen molar-refractivity contribution >= 4 is 28.6 Å². The van der Waals surface area contributed by atoms with Gasteiger partial charge in [0.15, 0.2) is 0 Å². The smallest absolute Gasteiger partial charge is 0.269 e. The Bertz CT molecular complexity index is 963. The van der Waals surface area contributed by atoms with E-state index in [0.29, 0.717) is 22.5 Å². The van der Waals surface area contributed by atoms with Gasteiger partial charge in [-0.05, 0) is 42.8 Å². The molecule has 2 aromatic carbocycles. The first-order valence-electron chi connectivity index (χ1n) is 7.25. The van der Waals surface area contributed by atoms with Crippen LogP contribution in [-0.2, 0) is 0 Å². The summed E-state index contributed by atoms with van der Waals surface area (Å²) in [6.45, 7) is 1.74. The maximum Gasteiger partial charge on any atom is 0.269 e. The average molecular weight is 319 g/mol. The Balaban J connectivity index is 1.86. The zero-order valence-electron chi connectivity index (χ0n) is 12.8. The van der Waals surface area contributed by atoms with Crippen molar-refractivity contribution in [2.45, 2.75) is 6.92 Å². The second-order valence-corrected chi connectivity index (χ2v) is 5.19. The van der Waals surface area contributed by atoms with E-state index in [1.807, 2.05) is 18.2 Å². The standard InChI is InChI=1S/C18H13N3O3/c1-12-18(20-16-5-3-2-4-15(16)19-12)17(22)11-8-13-6-9-14(10-7-13)21(23)24/h2-11H,1H3/b11-8+. The van der Waals surface area contributed by atoms with Crippen LogP contribution >= 0.6 is 0 Å². The Hall–Kier alpha value is -3.41. The number of carbonyl (C=O) groups is 1. The van der Waals surface area contributed by atoms with E-state index in [2.05, 4.69) is 9.97 Å². The average Bonchev–Trinajstić information content (AvgIpc) is 2.59. The molecule has 0 aliphatic rings. The van der Waals surface area contributed by atoms with Crippen molar-refractivity contribution in [1.29, 1.82) is 0 Å². The number of nitro groups is 1. The lowest BCUT2D eigenvalue weighted by atomic mass is 10.1. The molecule has 0 bridgehead atoms. The summed E-state index contributed by atoms with van der Waals surface area (Å²) in [5, 5.41) is 10.6. The van der Waals surface area contributed by atoms with Crippen LogP contribution in [0.2, 0.25) is 0 Å². The number of aromatic nitrogens is 2. The lowest BCUT2D eigenvalue weighted by Gasteiger charge is -2.03. The van der Waals surface area contributed by atoms with Gasteiger partial charge in [0.1, 0.15) is 5.69 Å². The molecule has 6 heteroatoms. The SMILES string of the molecule is Cc1nc2ccccc2nc1C(=O)/C=C/c1ccc([N+](=O)[O-])cc1. The summed E-state index contributed by atoms with van der Waals surface area (Å²) in [5.74, 6) is -0.260. The highest BCUT2D eigenvalue weighted by molar-refractivity contribution is 6.06. The molecule has 0 N–H and O–H groups in total. The van der Waals surface area contributed by atoms with E-state index in [9.17, 15) is 14.9 Å². The van der Waals surface area contributed by atoms with Gasteiger partial charge in [-0.25, -0.2) is 9.97 Å². The summed E-state index contributed by atoms with van der Waals surface area (Å²) in [7, 11) is 0. The van der Waals surface area contributed by atoms with E-state index in [-0.39, 0.29) is 11.5 Å². The molecule has 0 atom stereocenters. The number of para-hydroxylation sites is 2. The Morgan fingerprint density at radius 2 is 1.67 bits per heavy atom. The maximum absolute atomic E-state index is 12.4. The number of hydrogen-bond acceptors (Lipinski definition) is 5. The van der Waals surface area contributed by atoms with Crippen molar-refractivity contribution in [2.75, 3.05) is 0 Å². The van der Waals surface area contributed by atoms with E-state index >= 15 is 0 Å². The summed E-state index contributed by atoms with van der Waals surface area (Å²) in [6, 6.07) is 13.3. The number of benzene rings is 2. The van der Waals surface area contributed by atoms with Gasteiger partial charge in [0.05, 0.1) is 21.7 Å². The summed E-state index contributed by atoms with van der Waals surface area (Å²) >= 11 is 0. The van der Waals surface area contributed by atoms with Gasteiger partial charge in [0.2, 0.25) is 5.78 Å². The lowest BCUT2D eigenvalue weighted by molar-refractivity contribution is -0.384. The molecule has 1 aromatic heterocycles. The Kier molecular flexibility index (Phi) is 4.11. The van der Waals surface area contributed by atoms with Crippen molar-refractivity contribution in [3.05, 3.63) is 81.7 Å². The van der Waals surface area contributed by atoms with Gasteiger partial charge in [0.25, 0.3) is 5.69 Å². The predicted octanol–water partition coefficient (Wildman–Crippen LogP) is 3.74. The molecule has 24 heavy (non-hydrogen) atoms. The number of rotatable bonds is 4. The van der Waals surface area contributed by atoms with Gasteiger partial charge in [0, 0.05) is 12.1 Å². The van der Waals surface area contributed by atoms with E-state index in [1.165, 1.54) is 18.2 Å². The van der Waals surface area contributed by atoms with E-state index in [1.54, 1.807) is 31.2 Å². The highest BCUT2D eigenvalue weighted by Gasteiger charge is 2.11. The highest BCUT2D eigenvalue weighted by Crippen LogP contribution is 2.15. The normalized spacial score (nSPS) is 11.0. The van der Waals surface area contributed by atoms with Crippen LogP contribution in [0.1, 0.15) is 21.7 Å². The first-order valence-corrected chi connectivity index (χ1v) is 7.25. The number of fused-ring (bicyclic) bond motifs is 1. The minimum absolute atomic E-state index is 0.00900. The number of carbonyl (C=O) groups excluding carboxylic acids is 1. The van der Waals surface area contributed by atoms with E-state index < -0.39 is 4.92 Å². The second kappa shape index (κ2) is 6.37. The monoisotopic (exact) mass is 319 g/mol. The molecule has 0 saturated heterocycles. The molecule has 0 aliphatic carbocycles. The number of non-ortho nitro benzene ring substituents is 1. The third-order valence-electron chi connectivity index (χ3n) is 3.51. The molecule has 0 fully saturated rings. The van der Waals surface area contributed by atoms with Crippen LogP contribution in [0.4, 0.5) is 5.69 Å². The Morgan fingerprint density at radius 3 is 2.29 bits per heavy atom. The van der Waals surface area contributed by atoms with Gasteiger partial charge >= 0.3 is 0 Å². The minimum atomic E-state index is -0.466. The number of allylic oxidation sites excluding steroid dienone is 1. The van der Waals surface area contributed by atoms with Crippen LogP contribution in [0.5, 0.6) is 0 Å². The second-order valence-electron chi connectivity index (χ2n) is 5.19. The van der Waals surface area contributed by atoms with Crippen LogP contribution in [0.3, 0.4) is 0 Å². The number of nitrogens with zero attached hydrogens (tertiary/aromatic N) is 3. The Labute approximate surface area is 137 Å². The van der Waals surface area contributed by atoms with Gasteiger partial charge in [-0.15, -0.1) is 0 Å². The molecule has 6 nitrogen and oxygen atoms in total. The molecule has 0 spiro atoms. The molecule has 0 aliphatic heterocycles. The zero-order chi connectivity index (χ0) is 17.1. The van der Waals surface area contributed by atoms with Crippen molar-refractivity contribution in [2.24, 2.45) is 0 Å². The molecular weight excluding hydrogens is 306 g/mol. The van der Waals surface area contributed by atoms with E-state index in [4.69, 9.17) is 0 Å². The molecule has 0 saturated carbocycles. The fraction of sp³-hybridized carbons (Fsp3) is 0.0556. The number of ketones is 1. The summed E-state index contributed by atoms with van der Waals surface area (Å²) in [4.78, 5) is 31.3. The number of aryl methyl sites for hydroxylation is 1. The molecule has 118 valence electrons. The highest BCUT2D eigenvalue weighted by atomic mass is 16.6. The van der Waals surface area contributed by atoms with Crippen LogP contribution < -0.4 is 0 Å². The minimum Gasteiger partial charge on any atom is -0.287 e. The maximum atomic E-state index is 12.4. The van der Waals surface area contributed by atoms with Crippen molar-refractivity contribution in [1.82, 2.24) is 9.97 Å². The van der Waals surface area contributed by atoms with Crippen molar-refractivity contribution in [3.8, 4) is 0 Å². The van der Waals surface area contributed by atoms with Crippen LogP contribution in [0.15, 0.2) is 54.6 Å². The summed E-state index contributed by atoms with van der Waals surface area (Å²) in [5.41, 5.74) is 2.97. The van der Waals surface area contributed by atoms with Crippen molar-refractivity contribution < 1.29 is 9.72 Å². The third-order valence-corrected chi connectivity index (χ3v) is 3.51. The van der Waals surface area contributed by atoms with Crippen LogP contribution in [0, 0.1) is 17.0 Å². The molecule has 0 amide bonds. The summed E-state index contributed by atoms with van der Waals surface area (Å²) in [6.07, 6.45) is 3.00. The molecule has 1 heterocycles. The topological polar surface area (TPSA) is 86.0 Å². The fourth-order valence-corrected chi connectivity index (χ4v) is 2.28. The molecule has 0 unspecified atom stereocenters. The molecule has 3 rings (SSSR count). The number of nitro benzene ring substituents is 1. The molecule has 3 aromatic rings. The van der Waals surface area contributed by atoms with Crippen LogP contribution in [-0.4, -0.2) is 20.7 Å². The largest absolute Gasteiger partial charge is 0.287 e. The lowest BCUT2D eigenvalue weighted by Crippen LogP contribution is -2.04. The number of hydrogen-bond donors (Lipinski definition) is 0. The molecular formula is C18H13N3O3. The van der Waals surface area contributed by atoms with Gasteiger partial charge in [-0.3, -0.25) is 14.9 Å². The third kappa shape index (κ3) is 3.17. The van der Waals surface area contributed by atoms with Gasteiger partial charge < -0.3 is 0 Å². The fourth-order valence-electron chi connectivity index (χ4n) is 2.28. The van der Waals surface area contributed by atoms with Gasteiger partial charge in [-0.1, -0.05) is 18.2 Å². The van der Waals surface area contributed by atoms with Gasteiger partial charge in [-0.2, -0.15) is 0 Å². The first kappa shape index (κ1) is 15.5. The predicted molar refractivity (Wildman–Crippen MR) is 90.7 cm³/mol. The zero-order valence-corrected chi connectivity index (χ0v) is 12.8.